The van der Waals surface area contributed by atoms with E-state index in [1.165, 1.54) is 31.0 Å². The van der Waals surface area contributed by atoms with Gasteiger partial charge in [0.2, 0.25) is 5.91 Å². The molecule has 0 aliphatic heterocycles. The molecule has 1 N–H and O–H groups in total. The molecule has 1 aliphatic rings. The molecule has 1 fully saturated rings. The number of benzene rings is 2. The maximum atomic E-state index is 13.0. The van der Waals surface area contributed by atoms with Crippen molar-refractivity contribution in [2.45, 2.75) is 57.3 Å². The SMILES string of the molecule is CCn1c(SCC(=O)N[C@@H]2CCCC[C@H]2C)nc2cc3ccccc3cc2c1=O. The third kappa shape index (κ3) is 4.17. The summed E-state index contributed by atoms with van der Waals surface area (Å²) in [6.45, 7) is 4.67. The average molecular weight is 410 g/mol. The molecule has 1 amide bonds. The Morgan fingerprint density at radius 1 is 1.21 bits per heavy atom. The van der Waals surface area contributed by atoms with Gasteiger partial charge in [-0.1, -0.05) is 55.8 Å². The number of nitrogens with zero attached hydrogens (tertiary/aromatic N) is 2. The van der Waals surface area contributed by atoms with Gasteiger partial charge in [-0.25, -0.2) is 4.98 Å². The summed E-state index contributed by atoms with van der Waals surface area (Å²) in [5, 5.41) is 6.49. The fraction of sp³-hybridized carbons (Fsp3) is 0.435. The number of aromatic nitrogens is 2. The predicted octanol–water partition coefficient (Wildman–Crippen LogP) is 4.36. The number of nitrogens with one attached hydrogen (secondary N) is 1. The fourth-order valence-corrected chi connectivity index (χ4v) is 5.06. The van der Waals surface area contributed by atoms with Crippen LogP contribution in [0, 0.1) is 5.92 Å². The molecule has 0 unspecified atom stereocenters. The number of carbonyl (C=O) groups is 1. The molecule has 3 aromatic rings. The number of rotatable bonds is 5. The molecule has 152 valence electrons. The molecular formula is C23H27N3O2S. The minimum absolute atomic E-state index is 0.0178. The average Bonchev–Trinajstić information content (AvgIpc) is 2.73. The molecule has 4 rings (SSSR count). The van der Waals surface area contributed by atoms with Crippen LogP contribution in [0.2, 0.25) is 0 Å². The van der Waals surface area contributed by atoms with E-state index < -0.39 is 0 Å². The first-order valence-corrected chi connectivity index (χ1v) is 11.4. The van der Waals surface area contributed by atoms with Crippen LogP contribution in [0.15, 0.2) is 46.3 Å². The Hall–Kier alpha value is -2.34. The Balaban J connectivity index is 1.58. The van der Waals surface area contributed by atoms with Gasteiger partial charge < -0.3 is 5.32 Å². The Morgan fingerprint density at radius 2 is 1.93 bits per heavy atom. The van der Waals surface area contributed by atoms with Gasteiger partial charge in [0.15, 0.2) is 5.16 Å². The van der Waals surface area contributed by atoms with Crippen LogP contribution < -0.4 is 10.9 Å². The zero-order valence-electron chi connectivity index (χ0n) is 17.0. The summed E-state index contributed by atoms with van der Waals surface area (Å²) >= 11 is 1.34. The Bertz CT molecular complexity index is 1110. The zero-order valence-corrected chi connectivity index (χ0v) is 17.8. The molecule has 2 aromatic carbocycles. The first-order chi connectivity index (χ1) is 14.1. The lowest BCUT2D eigenvalue weighted by molar-refractivity contribution is -0.119. The highest BCUT2D eigenvalue weighted by molar-refractivity contribution is 7.99. The molecule has 0 bridgehead atoms. The van der Waals surface area contributed by atoms with Gasteiger partial charge in [-0.3, -0.25) is 14.2 Å². The van der Waals surface area contributed by atoms with E-state index in [2.05, 4.69) is 12.2 Å². The van der Waals surface area contributed by atoms with Crippen LogP contribution in [0.5, 0.6) is 0 Å². The van der Waals surface area contributed by atoms with Crippen LogP contribution in [0.4, 0.5) is 0 Å². The summed E-state index contributed by atoms with van der Waals surface area (Å²) in [7, 11) is 0. The number of thioether (sulfide) groups is 1. The number of fused-ring (bicyclic) bond motifs is 2. The maximum Gasteiger partial charge on any atom is 0.262 e. The van der Waals surface area contributed by atoms with E-state index in [4.69, 9.17) is 4.98 Å². The van der Waals surface area contributed by atoms with Crippen molar-refractivity contribution < 1.29 is 4.79 Å². The molecule has 1 aliphatic carbocycles. The number of amides is 1. The smallest absolute Gasteiger partial charge is 0.262 e. The third-order valence-corrected chi connectivity index (χ3v) is 6.87. The van der Waals surface area contributed by atoms with Crippen LogP contribution in [0.1, 0.15) is 39.5 Å². The fourth-order valence-electron chi connectivity index (χ4n) is 4.19. The number of hydrogen-bond acceptors (Lipinski definition) is 4. The Morgan fingerprint density at radius 3 is 2.66 bits per heavy atom. The number of carbonyl (C=O) groups excluding carboxylic acids is 1. The summed E-state index contributed by atoms with van der Waals surface area (Å²) < 4.78 is 1.66. The standard InChI is InChI=1S/C23H27N3O2S/c1-3-26-22(28)18-12-16-9-5-6-10-17(16)13-20(18)25-23(26)29-14-21(27)24-19-11-7-4-8-15(19)2/h5-6,9-10,12-13,15,19H,3-4,7-8,11,14H2,1-2H3,(H,24,27)/t15-,19-/m1/s1. The van der Waals surface area contributed by atoms with Crippen molar-refractivity contribution in [3.8, 4) is 0 Å². The summed E-state index contributed by atoms with van der Waals surface area (Å²) in [5.74, 6) is 0.817. The molecule has 2 atom stereocenters. The molecule has 6 heteroatoms. The van der Waals surface area contributed by atoms with Gasteiger partial charge in [-0.15, -0.1) is 0 Å². The van der Waals surface area contributed by atoms with E-state index in [0.29, 0.717) is 28.5 Å². The Labute approximate surface area is 174 Å². The van der Waals surface area contributed by atoms with Crippen LogP contribution in [-0.2, 0) is 11.3 Å². The molecule has 1 heterocycles. The monoisotopic (exact) mass is 409 g/mol. The third-order valence-electron chi connectivity index (χ3n) is 5.89. The highest BCUT2D eigenvalue weighted by atomic mass is 32.2. The minimum Gasteiger partial charge on any atom is -0.352 e. The second-order valence-electron chi connectivity index (χ2n) is 7.88. The minimum atomic E-state index is -0.0490. The quantitative estimate of drug-likeness (QED) is 0.386. The van der Waals surface area contributed by atoms with Gasteiger partial charge in [0, 0.05) is 12.6 Å². The normalized spacial score (nSPS) is 19.5. The van der Waals surface area contributed by atoms with Gasteiger partial charge >= 0.3 is 0 Å². The molecule has 0 spiro atoms. The first kappa shape index (κ1) is 20.0. The largest absolute Gasteiger partial charge is 0.352 e. The second-order valence-corrected chi connectivity index (χ2v) is 8.83. The van der Waals surface area contributed by atoms with Gasteiger partial charge in [0.25, 0.3) is 5.56 Å². The topological polar surface area (TPSA) is 64.0 Å². The second kappa shape index (κ2) is 8.57. The van der Waals surface area contributed by atoms with Crippen molar-refractivity contribution in [2.24, 2.45) is 5.92 Å². The summed E-state index contributed by atoms with van der Waals surface area (Å²) in [5.41, 5.74) is 0.634. The molecular weight excluding hydrogens is 382 g/mol. The van der Waals surface area contributed by atoms with Crippen molar-refractivity contribution in [1.82, 2.24) is 14.9 Å². The predicted molar refractivity (Wildman–Crippen MR) is 119 cm³/mol. The molecule has 0 radical (unpaired) electrons. The summed E-state index contributed by atoms with van der Waals surface area (Å²) in [6, 6.07) is 12.1. The lowest BCUT2D eigenvalue weighted by atomic mass is 9.86. The van der Waals surface area contributed by atoms with E-state index >= 15 is 0 Å². The molecule has 1 aromatic heterocycles. The van der Waals surface area contributed by atoms with Gasteiger partial charge in [0.05, 0.1) is 16.7 Å². The lowest BCUT2D eigenvalue weighted by Gasteiger charge is -2.29. The van der Waals surface area contributed by atoms with Gasteiger partial charge in [0.1, 0.15) is 0 Å². The summed E-state index contributed by atoms with van der Waals surface area (Å²) in [4.78, 5) is 30.3. The lowest BCUT2D eigenvalue weighted by Crippen LogP contribution is -2.41. The molecule has 5 nitrogen and oxygen atoms in total. The van der Waals surface area contributed by atoms with Crippen molar-refractivity contribution >= 4 is 39.3 Å². The summed E-state index contributed by atoms with van der Waals surface area (Å²) in [6.07, 6.45) is 4.66. The van der Waals surface area contributed by atoms with E-state index in [1.807, 2.05) is 43.3 Å². The maximum absolute atomic E-state index is 13.0. The molecule has 29 heavy (non-hydrogen) atoms. The van der Waals surface area contributed by atoms with E-state index in [9.17, 15) is 9.59 Å². The van der Waals surface area contributed by atoms with Crippen LogP contribution >= 0.6 is 11.8 Å². The molecule has 1 saturated carbocycles. The van der Waals surface area contributed by atoms with Crippen molar-refractivity contribution in [3.63, 3.8) is 0 Å². The highest BCUT2D eigenvalue weighted by Gasteiger charge is 2.23. The van der Waals surface area contributed by atoms with E-state index in [0.717, 1.165) is 17.2 Å². The van der Waals surface area contributed by atoms with E-state index in [1.54, 1.807) is 4.57 Å². The van der Waals surface area contributed by atoms with Gasteiger partial charge in [-0.05, 0) is 48.6 Å². The zero-order chi connectivity index (χ0) is 20.4. The Kier molecular flexibility index (Phi) is 5.90. The first-order valence-electron chi connectivity index (χ1n) is 10.4. The van der Waals surface area contributed by atoms with Crippen LogP contribution in [-0.4, -0.2) is 27.3 Å². The van der Waals surface area contributed by atoms with E-state index in [-0.39, 0.29) is 23.3 Å². The van der Waals surface area contributed by atoms with Gasteiger partial charge in [-0.2, -0.15) is 0 Å². The van der Waals surface area contributed by atoms with Crippen molar-refractivity contribution in [2.75, 3.05) is 5.75 Å². The highest BCUT2D eigenvalue weighted by Crippen LogP contribution is 2.25. The van der Waals surface area contributed by atoms with Crippen molar-refractivity contribution in [1.29, 1.82) is 0 Å². The number of hydrogen-bond donors (Lipinski definition) is 1. The van der Waals surface area contributed by atoms with Crippen LogP contribution in [0.3, 0.4) is 0 Å². The van der Waals surface area contributed by atoms with Crippen molar-refractivity contribution in [3.05, 3.63) is 46.8 Å². The van der Waals surface area contributed by atoms with Crippen LogP contribution in [0.25, 0.3) is 21.7 Å². The molecule has 0 saturated heterocycles.